The average molecular weight is 289 g/mol. The Morgan fingerprint density at radius 1 is 1.26 bits per heavy atom. The van der Waals surface area contributed by atoms with Crippen molar-refractivity contribution in [2.24, 2.45) is 5.92 Å². The number of rotatable bonds is 8. The van der Waals surface area contributed by atoms with Crippen molar-refractivity contribution in [1.29, 1.82) is 0 Å². The quantitative estimate of drug-likeness (QED) is 0.551. The lowest BCUT2D eigenvalue weighted by atomic mass is 10.2. The Labute approximate surface area is 119 Å². The predicted molar refractivity (Wildman–Crippen MR) is 84.2 cm³/mol. The minimum atomic E-state index is -3.00. The van der Waals surface area contributed by atoms with Gasteiger partial charge in [-0.05, 0) is 59.5 Å². The van der Waals surface area contributed by atoms with E-state index in [4.69, 9.17) is 0 Å². The summed E-state index contributed by atoms with van der Waals surface area (Å²) in [6.45, 7) is 13.7. The molecular weight excluding hydrogens is 258 g/mol. The van der Waals surface area contributed by atoms with Crippen LogP contribution in [0.2, 0.25) is 0 Å². The first-order chi connectivity index (χ1) is 8.56. The van der Waals surface area contributed by atoms with Crippen LogP contribution in [-0.2, 0) is 9.84 Å². The van der Waals surface area contributed by atoms with E-state index in [1.54, 1.807) is 20.8 Å². The second kappa shape index (κ2) is 8.05. The highest BCUT2D eigenvalue weighted by Gasteiger charge is 2.28. The number of hydrogen-bond donors (Lipinski definition) is 1. The Kier molecular flexibility index (Phi) is 7.90. The molecule has 3 nitrogen and oxygen atoms in total. The third-order valence-corrected chi connectivity index (χ3v) is 5.67. The summed E-state index contributed by atoms with van der Waals surface area (Å²) in [7, 11) is -3.00. The van der Waals surface area contributed by atoms with Crippen LogP contribution in [0.25, 0.3) is 0 Å². The molecule has 0 radical (unpaired) electrons. The van der Waals surface area contributed by atoms with E-state index in [2.05, 4.69) is 25.2 Å². The Morgan fingerprint density at radius 2 is 1.84 bits per heavy atom. The van der Waals surface area contributed by atoms with Gasteiger partial charge in [0.2, 0.25) is 0 Å². The molecule has 0 fully saturated rings. The maximum absolute atomic E-state index is 12.0. The molecule has 0 spiro atoms. The average Bonchev–Trinajstić information content (AvgIpc) is 2.24. The van der Waals surface area contributed by atoms with Gasteiger partial charge in [0.1, 0.15) is 0 Å². The van der Waals surface area contributed by atoms with Gasteiger partial charge in [-0.25, -0.2) is 8.42 Å². The van der Waals surface area contributed by atoms with Gasteiger partial charge < -0.3 is 5.32 Å². The molecule has 0 heterocycles. The predicted octanol–water partition coefficient (Wildman–Crippen LogP) is 3.17. The highest BCUT2D eigenvalue weighted by molar-refractivity contribution is 7.92. The summed E-state index contributed by atoms with van der Waals surface area (Å²) in [6.07, 6.45) is 3.75. The van der Waals surface area contributed by atoms with Crippen LogP contribution in [0.4, 0.5) is 0 Å². The molecule has 114 valence electrons. The van der Waals surface area contributed by atoms with Crippen molar-refractivity contribution in [3.05, 3.63) is 11.6 Å². The SMILES string of the molecule is C/C(=C/CCNCC(C)C)CCS(=O)(=O)C(C)(C)C. The lowest BCUT2D eigenvalue weighted by molar-refractivity contribution is 0.555. The van der Waals surface area contributed by atoms with Gasteiger partial charge in [0.15, 0.2) is 9.84 Å². The van der Waals surface area contributed by atoms with Crippen LogP contribution in [0, 0.1) is 5.92 Å². The van der Waals surface area contributed by atoms with Crippen LogP contribution in [-0.4, -0.2) is 32.0 Å². The van der Waals surface area contributed by atoms with E-state index >= 15 is 0 Å². The fraction of sp³-hybridized carbons (Fsp3) is 0.867. The van der Waals surface area contributed by atoms with Crippen LogP contribution in [0.15, 0.2) is 11.6 Å². The Hall–Kier alpha value is -0.350. The molecule has 0 aromatic heterocycles. The Bertz CT molecular complexity index is 375. The van der Waals surface area contributed by atoms with E-state index in [-0.39, 0.29) is 5.75 Å². The summed E-state index contributed by atoms with van der Waals surface area (Å²) < 4.78 is 23.3. The topological polar surface area (TPSA) is 46.2 Å². The zero-order chi connectivity index (χ0) is 15.1. The zero-order valence-electron chi connectivity index (χ0n) is 13.4. The van der Waals surface area contributed by atoms with E-state index in [1.165, 1.54) is 5.57 Å². The monoisotopic (exact) mass is 289 g/mol. The molecule has 4 heteroatoms. The molecule has 0 unspecified atom stereocenters. The van der Waals surface area contributed by atoms with Gasteiger partial charge in [0.25, 0.3) is 0 Å². The van der Waals surface area contributed by atoms with Gasteiger partial charge in [-0.2, -0.15) is 0 Å². The van der Waals surface area contributed by atoms with E-state index in [0.717, 1.165) is 19.5 Å². The molecule has 0 amide bonds. The lowest BCUT2D eigenvalue weighted by Crippen LogP contribution is -2.30. The van der Waals surface area contributed by atoms with Gasteiger partial charge in [-0.3, -0.25) is 0 Å². The first-order valence-electron chi connectivity index (χ1n) is 7.15. The fourth-order valence-corrected chi connectivity index (χ4v) is 2.72. The summed E-state index contributed by atoms with van der Waals surface area (Å²) in [5.74, 6) is 0.917. The summed E-state index contributed by atoms with van der Waals surface area (Å²) in [6, 6.07) is 0. The first kappa shape index (κ1) is 18.7. The van der Waals surface area contributed by atoms with Crippen molar-refractivity contribution in [3.8, 4) is 0 Å². The zero-order valence-corrected chi connectivity index (χ0v) is 14.2. The second-order valence-corrected chi connectivity index (χ2v) is 9.48. The van der Waals surface area contributed by atoms with Gasteiger partial charge in [-0.15, -0.1) is 0 Å². The van der Waals surface area contributed by atoms with E-state index in [0.29, 0.717) is 12.3 Å². The lowest BCUT2D eigenvalue weighted by Gasteiger charge is -2.19. The number of hydrogen-bond acceptors (Lipinski definition) is 3. The maximum atomic E-state index is 12.0. The van der Waals surface area contributed by atoms with E-state index in [9.17, 15) is 8.42 Å². The third kappa shape index (κ3) is 8.43. The Balaban J connectivity index is 4.02. The standard InChI is InChI=1S/C15H31NO2S/c1-13(2)12-16-10-7-8-14(3)9-11-19(17,18)15(4,5)6/h8,13,16H,7,9-12H2,1-6H3/b14-8-. The van der Waals surface area contributed by atoms with Crippen molar-refractivity contribution < 1.29 is 8.42 Å². The molecular formula is C15H31NO2S. The number of nitrogens with one attached hydrogen (secondary N) is 1. The molecule has 0 aromatic carbocycles. The van der Waals surface area contributed by atoms with E-state index < -0.39 is 14.6 Å². The van der Waals surface area contributed by atoms with Gasteiger partial charge in [-0.1, -0.05) is 25.5 Å². The van der Waals surface area contributed by atoms with Crippen LogP contribution in [0.3, 0.4) is 0 Å². The van der Waals surface area contributed by atoms with Crippen LogP contribution in [0.1, 0.15) is 54.4 Å². The van der Waals surface area contributed by atoms with Crippen molar-refractivity contribution >= 4 is 9.84 Å². The first-order valence-corrected chi connectivity index (χ1v) is 8.80. The molecule has 0 aliphatic carbocycles. The maximum Gasteiger partial charge on any atom is 0.155 e. The van der Waals surface area contributed by atoms with Crippen molar-refractivity contribution in [3.63, 3.8) is 0 Å². The molecule has 0 atom stereocenters. The molecule has 1 N–H and O–H groups in total. The summed E-state index contributed by atoms with van der Waals surface area (Å²) in [5, 5.41) is 3.37. The van der Waals surface area contributed by atoms with Crippen molar-refractivity contribution in [2.75, 3.05) is 18.8 Å². The molecule has 0 aliphatic heterocycles. The molecule has 0 aromatic rings. The van der Waals surface area contributed by atoms with E-state index in [1.807, 2.05) is 6.92 Å². The van der Waals surface area contributed by atoms with Crippen LogP contribution >= 0.6 is 0 Å². The minimum Gasteiger partial charge on any atom is -0.316 e. The van der Waals surface area contributed by atoms with Crippen molar-refractivity contribution in [1.82, 2.24) is 5.32 Å². The highest BCUT2D eigenvalue weighted by Crippen LogP contribution is 2.18. The highest BCUT2D eigenvalue weighted by atomic mass is 32.2. The number of sulfone groups is 1. The fourth-order valence-electron chi connectivity index (χ4n) is 1.51. The molecule has 0 saturated heterocycles. The summed E-state index contributed by atoms with van der Waals surface area (Å²) >= 11 is 0. The molecule has 0 aliphatic rings. The third-order valence-electron chi connectivity index (χ3n) is 3.06. The second-order valence-electron chi connectivity index (χ2n) is 6.62. The van der Waals surface area contributed by atoms with Crippen LogP contribution < -0.4 is 5.32 Å². The van der Waals surface area contributed by atoms with Crippen LogP contribution in [0.5, 0.6) is 0 Å². The Morgan fingerprint density at radius 3 is 2.32 bits per heavy atom. The largest absolute Gasteiger partial charge is 0.316 e. The van der Waals surface area contributed by atoms with Gasteiger partial charge in [0, 0.05) is 0 Å². The van der Waals surface area contributed by atoms with Gasteiger partial charge in [0.05, 0.1) is 10.5 Å². The smallest absolute Gasteiger partial charge is 0.155 e. The number of allylic oxidation sites excluding steroid dienone is 1. The normalized spacial score (nSPS) is 14.2. The molecule has 0 bridgehead atoms. The summed E-state index contributed by atoms with van der Waals surface area (Å²) in [4.78, 5) is 0. The molecule has 0 rings (SSSR count). The van der Waals surface area contributed by atoms with Crippen molar-refractivity contribution in [2.45, 2.75) is 59.1 Å². The van der Waals surface area contributed by atoms with Gasteiger partial charge >= 0.3 is 0 Å². The molecule has 0 saturated carbocycles. The summed E-state index contributed by atoms with van der Waals surface area (Å²) in [5.41, 5.74) is 1.17. The minimum absolute atomic E-state index is 0.248. The molecule has 19 heavy (non-hydrogen) atoms.